The van der Waals surface area contributed by atoms with Crippen LogP contribution in [-0.2, 0) is 17.7 Å². The van der Waals surface area contributed by atoms with Crippen molar-refractivity contribution >= 4 is 0 Å². The lowest BCUT2D eigenvalue weighted by Gasteiger charge is -2.08. The van der Waals surface area contributed by atoms with E-state index < -0.39 is 5.83 Å². The van der Waals surface area contributed by atoms with Crippen molar-refractivity contribution in [2.45, 2.75) is 19.9 Å². The first kappa shape index (κ1) is 14.7. The topological polar surface area (TPSA) is 50.8 Å². The molecule has 0 N–H and O–H groups in total. The molecule has 1 aromatic heterocycles. The molecular formula is C14H16FN3O. The first-order valence-electron chi connectivity index (χ1n) is 5.85. The molecule has 19 heavy (non-hydrogen) atoms. The first-order valence-corrected chi connectivity index (χ1v) is 5.85. The van der Waals surface area contributed by atoms with Gasteiger partial charge in [0, 0.05) is 24.9 Å². The minimum Gasteiger partial charge on any atom is -0.427 e. The van der Waals surface area contributed by atoms with Crippen molar-refractivity contribution in [2.24, 2.45) is 0 Å². The van der Waals surface area contributed by atoms with E-state index in [1.165, 1.54) is 6.08 Å². The number of rotatable bonds is 7. The van der Waals surface area contributed by atoms with Crippen LogP contribution in [-0.4, -0.2) is 16.2 Å². The average molecular weight is 261 g/mol. The standard InChI is InChI=1S/C14H16FN3O/c1-3-4-13(7-12(2)15)9-18-11-17-8-14(18)5-6-19-10-16/h3-4,7-8,11H,2,5-6,9H2,1H3/b4-3-,13-7+. The van der Waals surface area contributed by atoms with Gasteiger partial charge in [-0.2, -0.15) is 5.26 Å². The van der Waals surface area contributed by atoms with Crippen LogP contribution >= 0.6 is 0 Å². The first-order chi connectivity index (χ1) is 9.17. The van der Waals surface area contributed by atoms with Gasteiger partial charge in [0.25, 0.3) is 6.26 Å². The quantitative estimate of drug-likeness (QED) is 0.431. The summed E-state index contributed by atoms with van der Waals surface area (Å²) in [5, 5.41) is 8.31. The van der Waals surface area contributed by atoms with E-state index in [0.29, 0.717) is 19.6 Å². The number of nitriles is 1. The van der Waals surface area contributed by atoms with Crippen molar-refractivity contribution < 1.29 is 9.13 Å². The summed E-state index contributed by atoms with van der Waals surface area (Å²) < 4.78 is 19.4. The Morgan fingerprint density at radius 1 is 1.68 bits per heavy atom. The summed E-state index contributed by atoms with van der Waals surface area (Å²) in [6, 6.07) is 0. The third-order valence-electron chi connectivity index (χ3n) is 2.40. The van der Waals surface area contributed by atoms with Gasteiger partial charge in [0.05, 0.1) is 6.33 Å². The van der Waals surface area contributed by atoms with E-state index >= 15 is 0 Å². The van der Waals surface area contributed by atoms with Crippen molar-refractivity contribution in [3.05, 3.63) is 54.4 Å². The Morgan fingerprint density at radius 2 is 2.47 bits per heavy atom. The number of nitrogens with zero attached hydrogens (tertiary/aromatic N) is 3. The lowest BCUT2D eigenvalue weighted by molar-refractivity contribution is 0.272. The van der Waals surface area contributed by atoms with E-state index in [2.05, 4.69) is 16.3 Å². The highest BCUT2D eigenvalue weighted by atomic mass is 19.1. The van der Waals surface area contributed by atoms with Gasteiger partial charge in [-0.25, -0.2) is 9.37 Å². The maximum absolute atomic E-state index is 12.9. The third-order valence-corrected chi connectivity index (χ3v) is 2.40. The molecule has 1 aromatic rings. The Labute approximate surface area is 112 Å². The molecule has 1 heterocycles. The zero-order valence-electron chi connectivity index (χ0n) is 10.8. The molecule has 0 spiro atoms. The van der Waals surface area contributed by atoms with Gasteiger partial charge in [-0.05, 0) is 18.6 Å². The predicted octanol–water partition coefficient (Wildman–Crippen LogP) is 2.91. The zero-order valence-corrected chi connectivity index (χ0v) is 10.8. The van der Waals surface area contributed by atoms with E-state index in [9.17, 15) is 4.39 Å². The van der Waals surface area contributed by atoms with Gasteiger partial charge in [0.1, 0.15) is 12.4 Å². The highest BCUT2D eigenvalue weighted by Crippen LogP contribution is 2.10. The second-order valence-electron chi connectivity index (χ2n) is 3.87. The van der Waals surface area contributed by atoms with Crippen LogP contribution in [0, 0.1) is 11.5 Å². The molecule has 1 rings (SSSR count). The SMILES string of the molecule is C=C(F)/C=C(\C=C/C)Cn1cncc1CCOC#N. The van der Waals surface area contributed by atoms with Gasteiger partial charge in [-0.1, -0.05) is 18.7 Å². The number of ether oxygens (including phenoxy) is 1. The van der Waals surface area contributed by atoms with E-state index in [-0.39, 0.29) is 0 Å². The summed E-state index contributed by atoms with van der Waals surface area (Å²) in [7, 11) is 0. The minimum absolute atomic E-state index is 0.306. The summed E-state index contributed by atoms with van der Waals surface area (Å²) in [6.07, 6.45) is 10.6. The molecule has 0 radical (unpaired) electrons. The third kappa shape index (κ3) is 5.21. The lowest BCUT2D eigenvalue weighted by Crippen LogP contribution is -2.06. The number of hydrogen-bond acceptors (Lipinski definition) is 3. The highest BCUT2D eigenvalue weighted by Gasteiger charge is 2.04. The van der Waals surface area contributed by atoms with E-state index in [1.807, 2.05) is 23.6 Å². The van der Waals surface area contributed by atoms with Crippen LogP contribution in [0.4, 0.5) is 4.39 Å². The molecule has 0 unspecified atom stereocenters. The number of allylic oxidation sites excluding steroid dienone is 5. The van der Waals surface area contributed by atoms with Crippen LogP contribution in [0.15, 0.2) is 48.7 Å². The number of imidazole rings is 1. The van der Waals surface area contributed by atoms with Crippen molar-refractivity contribution in [3.63, 3.8) is 0 Å². The number of aromatic nitrogens is 2. The van der Waals surface area contributed by atoms with Crippen molar-refractivity contribution in [1.29, 1.82) is 5.26 Å². The highest BCUT2D eigenvalue weighted by molar-refractivity contribution is 5.25. The van der Waals surface area contributed by atoms with Gasteiger partial charge < -0.3 is 9.30 Å². The number of halogens is 1. The summed E-state index contributed by atoms with van der Waals surface area (Å²) >= 11 is 0. The Bertz CT molecular complexity index is 523. The van der Waals surface area contributed by atoms with E-state index in [4.69, 9.17) is 5.26 Å². The molecule has 0 aliphatic heterocycles. The molecule has 5 heteroatoms. The second kappa shape index (κ2) is 7.88. The Balaban J connectivity index is 2.77. The summed E-state index contributed by atoms with van der Waals surface area (Å²) in [4.78, 5) is 4.05. The van der Waals surface area contributed by atoms with Crippen molar-refractivity contribution in [2.75, 3.05) is 6.61 Å². The summed E-state index contributed by atoms with van der Waals surface area (Å²) in [5.41, 5.74) is 1.71. The van der Waals surface area contributed by atoms with Crippen molar-refractivity contribution in [3.8, 4) is 6.26 Å². The molecular weight excluding hydrogens is 245 g/mol. The van der Waals surface area contributed by atoms with Crippen molar-refractivity contribution in [1.82, 2.24) is 9.55 Å². The summed E-state index contributed by atoms with van der Waals surface area (Å²) in [5.74, 6) is -0.484. The molecule has 0 saturated heterocycles. The van der Waals surface area contributed by atoms with Crippen LogP contribution in [0.2, 0.25) is 0 Å². The molecule has 0 saturated carbocycles. The van der Waals surface area contributed by atoms with Gasteiger partial charge >= 0.3 is 0 Å². The monoisotopic (exact) mass is 261 g/mol. The maximum atomic E-state index is 12.9. The van der Waals surface area contributed by atoms with Gasteiger partial charge in [0.15, 0.2) is 0 Å². The fourth-order valence-corrected chi connectivity index (χ4v) is 1.66. The fourth-order valence-electron chi connectivity index (χ4n) is 1.66. The predicted molar refractivity (Wildman–Crippen MR) is 70.6 cm³/mol. The van der Waals surface area contributed by atoms with Gasteiger partial charge in [-0.15, -0.1) is 0 Å². The molecule has 100 valence electrons. The maximum Gasteiger partial charge on any atom is 0.286 e. The molecule has 0 aliphatic rings. The Morgan fingerprint density at radius 3 is 3.11 bits per heavy atom. The molecule has 0 fully saturated rings. The average Bonchev–Trinajstić information content (AvgIpc) is 2.76. The summed E-state index contributed by atoms with van der Waals surface area (Å²) in [6.45, 7) is 5.90. The molecule has 0 aliphatic carbocycles. The van der Waals surface area contributed by atoms with Crippen LogP contribution in [0.3, 0.4) is 0 Å². The van der Waals surface area contributed by atoms with Crippen LogP contribution < -0.4 is 0 Å². The van der Waals surface area contributed by atoms with Crippen LogP contribution in [0.5, 0.6) is 0 Å². The minimum atomic E-state index is -0.484. The zero-order chi connectivity index (χ0) is 14.1. The molecule has 0 bridgehead atoms. The van der Waals surface area contributed by atoms with Gasteiger partial charge in [0.2, 0.25) is 0 Å². The lowest BCUT2D eigenvalue weighted by atomic mass is 10.2. The second-order valence-corrected chi connectivity index (χ2v) is 3.87. The van der Waals surface area contributed by atoms with Gasteiger partial charge in [-0.3, -0.25) is 0 Å². The molecule has 0 atom stereocenters. The molecule has 4 nitrogen and oxygen atoms in total. The van der Waals surface area contributed by atoms with Crippen LogP contribution in [0.25, 0.3) is 0 Å². The Kier molecular flexibility index (Phi) is 6.10. The van der Waals surface area contributed by atoms with Crippen LogP contribution in [0.1, 0.15) is 12.6 Å². The number of hydrogen-bond donors (Lipinski definition) is 0. The normalized spacial score (nSPS) is 11.5. The largest absolute Gasteiger partial charge is 0.427 e. The fraction of sp³-hybridized carbons (Fsp3) is 0.286. The smallest absolute Gasteiger partial charge is 0.286 e. The molecule has 0 aromatic carbocycles. The molecule has 0 amide bonds. The van der Waals surface area contributed by atoms with E-state index in [0.717, 1.165) is 11.3 Å². The van der Waals surface area contributed by atoms with E-state index in [1.54, 1.807) is 18.8 Å². The Hall–Kier alpha value is -2.35.